The average molecular weight is 282 g/mol. The number of amides is 1. The van der Waals surface area contributed by atoms with Crippen molar-refractivity contribution in [3.63, 3.8) is 0 Å². The molecular formula is C13H22N4O3. The minimum atomic E-state index is -0.481. The quantitative estimate of drug-likeness (QED) is 0.679. The molecule has 112 valence electrons. The smallest absolute Gasteiger partial charge is 0.331 e. The number of nitrogens with one attached hydrogen (secondary N) is 1. The number of carbonyl (C=O) groups is 1. The van der Waals surface area contributed by atoms with E-state index in [4.69, 9.17) is 5.73 Å². The van der Waals surface area contributed by atoms with E-state index in [-0.39, 0.29) is 24.6 Å². The number of carbonyl (C=O) groups excluding carboxylic acids is 1. The first-order valence-electron chi connectivity index (χ1n) is 6.72. The molecule has 0 unspecified atom stereocenters. The van der Waals surface area contributed by atoms with E-state index in [1.54, 1.807) is 0 Å². The molecule has 1 aromatic heterocycles. The topological polar surface area (TPSA) is 99.1 Å². The molecule has 0 aliphatic carbocycles. The minimum Gasteiger partial charge on any atom is -0.354 e. The van der Waals surface area contributed by atoms with Crippen molar-refractivity contribution in [2.75, 3.05) is 13.1 Å². The lowest BCUT2D eigenvalue weighted by atomic mass is 10.2. The van der Waals surface area contributed by atoms with Crippen molar-refractivity contribution < 1.29 is 4.79 Å². The van der Waals surface area contributed by atoms with Gasteiger partial charge < -0.3 is 11.1 Å². The Bertz CT molecular complexity index is 559. The third-order valence-electron chi connectivity index (χ3n) is 2.75. The van der Waals surface area contributed by atoms with Crippen molar-refractivity contribution >= 4 is 5.91 Å². The van der Waals surface area contributed by atoms with Gasteiger partial charge in [0.1, 0.15) is 6.54 Å². The van der Waals surface area contributed by atoms with Gasteiger partial charge in [-0.2, -0.15) is 0 Å². The van der Waals surface area contributed by atoms with Gasteiger partial charge in [0.05, 0.1) is 0 Å². The highest BCUT2D eigenvalue weighted by molar-refractivity contribution is 5.75. The second-order valence-corrected chi connectivity index (χ2v) is 5.06. The summed E-state index contributed by atoms with van der Waals surface area (Å²) in [4.78, 5) is 35.4. The third-order valence-corrected chi connectivity index (χ3v) is 2.75. The number of rotatable bonds is 7. The van der Waals surface area contributed by atoms with Crippen LogP contribution < -0.4 is 22.3 Å². The van der Waals surface area contributed by atoms with Gasteiger partial charge in [-0.25, -0.2) is 4.79 Å². The molecule has 1 heterocycles. The molecule has 3 N–H and O–H groups in total. The zero-order valence-electron chi connectivity index (χ0n) is 12.0. The first-order valence-corrected chi connectivity index (χ1v) is 6.72. The predicted octanol–water partition coefficient (Wildman–Crippen LogP) is -0.869. The largest absolute Gasteiger partial charge is 0.354 e. The number of hydrogen-bond donors (Lipinski definition) is 2. The first-order chi connectivity index (χ1) is 9.45. The Labute approximate surface area is 117 Å². The summed E-state index contributed by atoms with van der Waals surface area (Å²) in [5.74, 6) is 0.0963. The molecule has 1 aromatic rings. The van der Waals surface area contributed by atoms with E-state index >= 15 is 0 Å². The van der Waals surface area contributed by atoms with Crippen molar-refractivity contribution in [1.82, 2.24) is 14.5 Å². The van der Waals surface area contributed by atoms with Crippen LogP contribution in [0.2, 0.25) is 0 Å². The van der Waals surface area contributed by atoms with Crippen LogP contribution in [0.4, 0.5) is 0 Å². The van der Waals surface area contributed by atoms with E-state index in [1.807, 2.05) is 13.8 Å². The monoisotopic (exact) mass is 282 g/mol. The van der Waals surface area contributed by atoms with Crippen molar-refractivity contribution in [2.24, 2.45) is 11.7 Å². The van der Waals surface area contributed by atoms with E-state index in [1.165, 1.54) is 16.8 Å². The van der Waals surface area contributed by atoms with Gasteiger partial charge in [-0.05, 0) is 18.9 Å². The molecule has 1 rings (SSSR count). The van der Waals surface area contributed by atoms with E-state index < -0.39 is 5.69 Å². The number of hydrogen-bond acceptors (Lipinski definition) is 4. The highest BCUT2D eigenvalue weighted by Gasteiger charge is 2.08. The Morgan fingerprint density at radius 3 is 2.70 bits per heavy atom. The van der Waals surface area contributed by atoms with Crippen LogP contribution in [-0.4, -0.2) is 28.1 Å². The van der Waals surface area contributed by atoms with Gasteiger partial charge in [0.15, 0.2) is 0 Å². The van der Waals surface area contributed by atoms with Crippen LogP contribution in [-0.2, 0) is 17.9 Å². The van der Waals surface area contributed by atoms with Crippen LogP contribution in [0.3, 0.4) is 0 Å². The van der Waals surface area contributed by atoms with Gasteiger partial charge in [0.2, 0.25) is 5.91 Å². The lowest BCUT2D eigenvalue weighted by Crippen LogP contribution is -2.42. The first kappa shape index (κ1) is 16.2. The van der Waals surface area contributed by atoms with E-state index in [2.05, 4.69) is 5.32 Å². The maximum atomic E-state index is 12.1. The average Bonchev–Trinajstić information content (AvgIpc) is 2.40. The summed E-state index contributed by atoms with van der Waals surface area (Å²) in [5, 5.41) is 2.73. The van der Waals surface area contributed by atoms with Crippen molar-refractivity contribution in [3.8, 4) is 0 Å². The van der Waals surface area contributed by atoms with Gasteiger partial charge >= 0.3 is 5.69 Å². The molecule has 1 amide bonds. The van der Waals surface area contributed by atoms with Gasteiger partial charge in [-0.15, -0.1) is 0 Å². The molecule has 0 spiro atoms. The highest BCUT2D eigenvalue weighted by atomic mass is 16.2. The molecule has 7 heteroatoms. The van der Waals surface area contributed by atoms with Gasteiger partial charge in [0.25, 0.3) is 5.56 Å². The lowest BCUT2D eigenvalue weighted by Gasteiger charge is -2.11. The van der Waals surface area contributed by atoms with Crippen LogP contribution in [0.1, 0.15) is 20.3 Å². The summed E-state index contributed by atoms with van der Waals surface area (Å²) in [7, 11) is 0. The predicted molar refractivity (Wildman–Crippen MR) is 76.5 cm³/mol. The Balaban J connectivity index is 2.83. The fourth-order valence-electron chi connectivity index (χ4n) is 1.66. The Kier molecular flexibility index (Phi) is 6.17. The zero-order chi connectivity index (χ0) is 15.1. The van der Waals surface area contributed by atoms with Crippen molar-refractivity contribution in [2.45, 2.75) is 33.4 Å². The Hall–Kier alpha value is -1.89. The summed E-state index contributed by atoms with van der Waals surface area (Å²) >= 11 is 0. The lowest BCUT2D eigenvalue weighted by molar-refractivity contribution is -0.121. The van der Waals surface area contributed by atoms with Crippen molar-refractivity contribution in [1.29, 1.82) is 0 Å². The van der Waals surface area contributed by atoms with Crippen LogP contribution in [0.5, 0.6) is 0 Å². The molecular weight excluding hydrogens is 260 g/mol. The summed E-state index contributed by atoms with van der Waals surface area (Å²) < 4.78 is 2.33. The second-order valence-electron chi connectivity index (χ2n) is 5.06. The van der Waals surface area contributed by atoms with Gasteiger partial charge in [-0.3, -0.25) is 18.7 Å². The second kappa shape index (κ2) is 7.64. The minimum absolute atomic E-state index is 0.0888. The standard InChI is InChI=1S/C13H22N4O3/c1-10(2)8-15-11(18)9-16-7-4-12(19)17(13(16)20)6-3-5-14/h4,7,10H,3,5-6,8-9,14H2,1-2H3,(H,15,18). The molecule has 0 aliphatic heterocycles. The highest BCUT2D eigenvalue weighted by Crippen LogP contribution is 1.88. The summed E-state index contributed by atoms with van der Waals surface area (Å²) in [6, 6.07) is 1.29. The summed E-state index contributed by atoms with van der Waals surface area (Å²) in [5.41, 5.74) is 4.52. The third kappa shape index (κ3) is 4.65. The molecule has 20 heavy (non-hydrogen) atoms. The van der Waals surface area contributed by atoms with E-state index in [0.29, 0.717) is 25.4 Å². The van der Waals surface area contributed by atoms with Crippen LogP contribution in [0.25, 0.3) is 0 Å². The van der Waals surface area contributed by atoms with Crippen LogP contribution >= 0.6 is 0 Å². The molecule has 0 atom stereocenters. The van der Waals surface area contributed by atoms with E-state index in [9.17, 15) is 14.4 Å². The number of aromatic nitrogens is 2. The molecule has 0 radical (unpaired) electrons. The zero-order valence-corrected chi connectivity index (χ0v) is 12.0. The van der Waals surface area contributed by atoms with E-state index in [0.717, 1.165) is 4.57 Å². The molecule has 0 fully saturated rings. The van der Waals surface area contributed by atoms with Crippen LogP contribution in [0, 0.1) is 5.92 Å². The molecule has 7 nitrogen and oxygen atoms in total. The SMILES string of the molecule is CC(C)CNC(=O)Cn1ccc(=O)n(CCCN)c1=O. The normalized spacial score (nSPS) is 10.8. The molecule has 0 saturated carbocycles. The fraction of sp³-hybridized carbons (Fsp3) is 0.615. The van der Waals surface area contributed by atoms with Crippen molar-refractivity contribution in [3.05, 3.63) is 33.1 Å². The molecule has 0 aromatic carbocycles. The Morgan fingerprint density at radius 2 is 2.10 bits per heavy atom. The maximum Gasteiger partial charge on any atom is 0.331 e. The molecule has 0 aliphatic rings. The fourth-order valence-corrected chi connectivity index (χ4v) is 1.66. The Morgan fingerprint density at radius 1 is 1.40 bits per heavy atom. The van der Waals surface area contributed by atoms with Gasteiger partial charge in [-0.1, -0.05) is 13.8 Å². The van der Waals surface area contributed by atoms with Gasteiger partial charge in [0, 0.05) is 25.4 Å². The summed E-state index contributed by atoms with van der Waals surface area (Å²) in [6.07, 6.45) is 1.89. The number of nitrogens with zero attached hydrogens (tertiary/aromatic N) is 2. The molecule has 0 bridgehead atoms. The number of nitrogens with two attached hydrogens (primary N) is 1. The maximum absolute atomic E-state index is 12.1. The van der Waals surface area contributed by atoms with Crippen LogP contribution in [0.15, 0.2) is 21.9 Å². The molecule has 0 saturated heterocycles. The summed E-state index contributed by atoms with van der Waals surface area (Å²) in [6.45, 7) is 5.10.